The van der Waals surface area contributed by atoms with Gasteiger partial charge in [-0.3, -0.25) is 0 Å². The summed E-state index contributed by atoms with van der Waals surface area (Å²) in [7, 11) is -2.46. The second kappa shape index (κ2) is 6.05. The van der Waals surface area contributed by atoms with E-state index in [2.05, 4.69) is 4.65 Å². The van der Waals surface area contributed by atoms with Crippen molar-refractivity contribution >= 4 is 32.2 Å². The SMILES string of the molecule is N#CC(C#N)(C#N)C(=O)OB(O)O.[LiH]. The van der Waals surface area contributed by atoms with Gasteiger partial charge in [0.15, 0.2) is 0 Å². The van der Waals surface area contributed by atoms with Gasteiger partial charge in [-0.2, -0.15) is 15.8 Å². The average molecular weight is 187 g/mol. The van der Waals surface area contributed by atoms with E-state index < -0.39 is 18.7 Å². The zero-order valence-electron chi connectivity index (χ0n) is 6.13. The van der Waals surface area contributed by atoms with Crippen LogP contribution < -0.4 is 0 Å². The van der Waals surface area contributed by atoms with Crippen LogP contribution in [-0.2, 0) is 9.45 Å². The second-order valence-electron chi connectivity index (χ2n) is 1.82. The van der Waals surface area contributed by atoms with Crippen molar-refractivity contribution in [1.82, 2.24) is 0 Å². The monoisotopic (exact) mass is 187 g/mol. The van der Waals surface area contributed by atoms with Gasteiger partial charge in [0.1, 0.15) is 18.2 Å². The van der Waals surface area contributed by atoms with E-state index in [-0.39, 0.29) is 18.9 Å². The maximum absolute atomic E-state index is 10.8. The Balaban J connectivity index is 0. The summed E-state index contributed by atoms with van der Waals surface area (Å²) in [5.41, 5.74) is -2.65. The van der Waals surface area contributed by atoms with Crippen LogP contribution in [-0.4, -0.2) is 42.2 Å². The molecule has 0 aromatic rings. The summed E-state index contributed by atoms with van der Waals surface area (Å²) in [6, 6.07) is 3.30. The molecular weight excluding hydrogens is 184 g/mol. The molecular formula is C5H3BLiN3O4. The Kier molecular flexibility index (Phi) is 6.49. The predicted octanol–water partition coefficient (Wildman–Crippen LogP) is -2.59. The van der Waals surface area contributed by atoms with E-state index in [1.165, 1.54) is 0 Å². The van der Waals surface area contributed by atoms with Crippen LogP contribution in [0, 0.1) is 39.4 Å². The summed E-state index contributed by atoms with van der Waals surface area (Å²) in [5, 5.41) is 41.2. The van der Waals surface area contributed by atoms with E-state index >= 15 is 0 Å². The van der Waals surface area contributed by atoms with E-state index in [0.717, 1.165) is 18.2 Å². The van der Waals surface area contributed by atoms with Crippen LogP contribution in [0.1, 0.15) is 0 Å². The number of hydrogen-bond donors (Lipinski definition) is 2. The molecule has 0 saturated heterocycles. The first-order valence-electron chi connectivity index (χ1n) is 2.83. The molecule has 0 aromatic heterocycles. The molecule has 0 aliphatic carbocycles. The first-order valence-corrected chi connectivity index (χ1v) is 2.83. The van der Waals surface area contributed by atoms with Gasteiger partial charge in [-0.05, 0) is 0 Å². The fourth-order valence-corrected chi connectivity index (χ4v) is 0.396. The number of carbonyl (C=O) groups is 1. The number of nitriles is 3. The van der Waals surface area contributed by atoms with Crippen molar-refractivity contribution in [3.05, 3.63) is 0 Å². The summed E-state index contributed by atoms with van der Waals surface area (Å²) >= 11 is 0. The quantitative estimate of drug-likeness (QED) is 0.452. The molecule has 66 valence electrons. The summed E-state index contributed by atoms with van der Waals surface area (Å²) < 4.78 is 3.69. The summed E-state index contributed by atoms with van der Waals surface area (Å²) in [6.45, 7) is 0. The summed E-state index contributed by atoms with van der Waals surface area (Å²) in [4.78, 5) is 10.8. The summed E-state index contributed by atoms with van der Waals surface area (Å²) in [6.07, 6.45) is 0. The van der Waals surface area contributed by atoms with Crippen molar-refractivity contribution in [2.45, 2.75) is 0 Å². The van der Waals surface area contributed by atoms with Gasteiger partial charge in [0.05, 0.1) is 0 Å². The Morgan fingerprint density at radius 1 is 1.21 bits per heavy atom. The van der Waals surface area contributed by atoms with E-state index in [4.69, 9.17) is 25.8 Å². The molecule has 0 aromatic carbocycles. The van der Waals surface area contributed by atoms with Gasteiger partial charge in [0, 0.05) is 0 Å². The number of nitrogens with zero attached hydrogens (tertiary/aromatic N) is 3. The molecule has 0 saturated carbocycles. The predicted molar refractivity (Wildman–Crippen MR) is 42.7 cm³/mol. The molecule has 0 heterocycles. The Morgan fingerprint density at radius 3 is 1.79 bits per heavy atom. The van der Waals surface area contributed by atoms with Crippen molar-refractivity contribution in [2.75, 3.05) is 0 Å². The molecule has 0 unspecified atom stereocenters. The molecule has 0 aliphatic rings. The molecule has 0 bridgehead atoms. The fourth-order valence-electron chi connectivity index (χ4n) is 0.396. The summed E-state index contributed by atoms with van der Waals surface area (Å²) in [5.74, 6) is -1.62. The molecule has 0 amide bonds. The standard InChI is InChI=1S/C5H2BN3O4.Li.H/c7-1-5(2-8,3-9)4(10)13-6(11)12;;/h11-12H;;. The van der Waals surface area contributed by atoms with E-state index in [1.54, 1.807) is 0 Å². The molecule has 0 rings (SSSR count). The zero-order valence-corrected chi connectivity index (χ0v) is 6.13. The Labute approximate surface area is 91.5 Å². The van der Waals surface area contributed by atoms with Crippen LogP contribution in [0.15, 0.2) is 0 Å². The van der Waals surface area contributed by atoms with Crippen LogP contribution in [0.3, 0.4) is 0 Å². The minimum absolute atomic E-state index is 0. The van der Waals surface area contributed by atoms with Crippen molar-refractivity contribution < 1.29 is 19.5 Å². The molecule has 7 nitrogen and oxygen atoms in total. The van der Waals surface area contributed by atoms with Gasteiger partial charge < -0.3 is 14.7 Å². The Bertz CT molecular complexity index is 302. The van der Waals surface area contributed by atoms with E-state index in [9.17, 15) is 4.79 Å². The Morgan fingerprint density at radius 2 is 1.57 bits per heavy atom. The number of rotatable bonds is 2. The van der Waals surface area contributed by atoms with Crippen LogP contribution in [0.25, 0.3) is 0 Å². The van der Waals surface area contributed by atoms with Crippen molar-refractivity contribution in [3.8, 4) is 18.2 Å². The normalized spacial score (nSPS) is 8.21. The molecule has 2 N–H and O–H groups in total. The van der Waals surface area contributed by atoms with Gasteiger partial charge in [0.25, 0.3) is 0 Å². The topological polar surface area (TPSA) is 138 Å². The number of carbonyl (C=O) groups excluding carboxylic acids is 1. The van der Waals surface area contributed by atoms with Gasteiger partial charge in [0.2, 0.25) is 0 Å². The van der Waals surface area contributed by atoms with Crippen LogP contribution in [0.4, 0.5) is 0 Å². The molecule has 9 heteroatoms. The zero-order chi connectivity index (χ0) is 10.5. The average Bonchev–Trinajstić information content (AvgIpc) is 2.07. The Hall–Kier alpha value is -1.48. The second-order valence-corrected chi connectivity index (χ2v) is 1.82. The third-order valence-corrected chi connectivity index (χ3v) is 1.02. The van der Waals surface area contributed by atoms with Crippen LogP contribution >= 0.6 is 0 Å². The molecule has 0 aliphatic heterocycles. The third-order valence-electron chi connectivity index (χ3n) is 1.02. The molecule has 0 atom stereocenters. The van der Waals surface area contributed by atoms with Gasteiger partial charge >= 0.3 is 37.6 Å². The first-order chi connectivity index (χ1) is 6.02. The van der Waals surface area contributed by atoms with Gasteiger partial charge in [-0.25, -0.2) is 4.79 Å². The van der Waals surface area contributed by atoms with Crippen molar-refractivity contribution in [3.63, 3.8) is 0 Å². The van der Waals surface area contributed by atoms with Crippen LogP contribution in [0.2, 0.25) is 0 Å². The number of hydrogen-bond acceptors (Lipinski definition) is 7. The molecule has 0 spiro atoms. The van der Waals surface area contributed by atoms with Crippen LogP contribution in [0.5, 0.6) is 0 Å². The third kappa shape index (κ3) is 3.11. The fraction of sp³-hybridized carbons (Fsp3) is 0.200. The first kappa shape index (κ1) is 15.0. The van der Waals surface area contributed by atoms with Gasteiger partial charge in [-0.15, -0.1) is 0 Å². The van der Waals surface area contributed by atoms with Crippen molar-refractivity contribution in [2.24, 2.45) is 5.41 Å². The maximum atomic E-state index is 10.8. The minimum atomic E-state index is -2.65. The van der Waals surface area contributed by atoms with Crippen molar-refractivity contribution in [1.29, 1.82) is 15.8 Å². The van der Waals surface area contributed by atoms with E-state index in [0.29, 0.717) is 0 Å². The van der Waals surface area contributed by atoms with E-state index in [1.807, 2.05) is 0 Å². The molecule has 0 radical (unpaired) electrons. The molecule has 0 fully saturated rings. The van der Waals surface area contributed by atoms with Gasteiger partial charge in [-0.1, -0.05) is 0 Å². The molecule has 14 heavy (non-hydrogen) atoms.